The summed E-state index contributed by atoms with van der Waals surface area (Å²) in [6.45, 7) is 8.82. The van der Waals surface area contributed by atoms with E-state index in [4.69, 9.17) is 0 Å². The Labute approximate surface area is 144 Å². The number of carbonyl (C=O) groups excluding carboxylic acids is 1. The van der Waals surface area contributed by atoms with Crippen molar-refractivity contribution >= 4 is 11.5 Å². The van der Waals surface area contributed by atoms with Crippen LogP contribution in [0.1, 0.15) is 64.5 Å². The lowest BCUT2D eigenvalue weighted by atomic mass is 9.65. The second-order valence-corrected chi connectivity index (χ2v) is 8.33. The minimum absolute atomic E-state index is 0.0310. The number of carbonyl (C=O) groups is 1. The molecule has 1 aliphatic heterocycles. The quantitative estimate of drug-likeness (QED) is 0.791. The van der Waals surface area contributed by atoms with Crippen molar-refractivity contribution < 1.29 is 9.18 Å². The molecule has 24 heavy (non-hydrogen) atoms. The lowest BCUT2D eigenvalue weighted by Gasteiger charge is -2.49. The Bertz CT molecular complexity index is 666. The molecule has 1 saturated carbocycles. The first-order chi connectivity index (χ1) is 11.2. The molecule has 2 aliphatic rings. The predicted octanol–water partition coefficient (Wildman–Crippen LogP) is 4.78. The van der Waals surface area contributed by atoms with Crippen LogP contribution in [-0.4, -0.2) is 17.5 Å². The number of nitrogens with one attached hydrogen (secondary N) is 1. The number of ketones is 1. The summed E-state index contributed by atoms with van der Waals surface area (Å²) in [7, 11) is 0. The Kier molecular flexibility index (Phi) is 4.31. The maximum absolute atomic E-state index is 13.3. The van der Waals surface area contributed by atoms with Gasteiger partial charge in [-0.05, 0) is 45.1 Å². The number of halogens is 1. The third kappa shape index (κ3) is 2.89. The number of benzene rings is 1. The van der Waals surface area contributed by atoms with E-state index in [-0.39, 0.29) is 22.7 Å². The van der Waals surface area contributed by atoms with E-state index in [9.17, 15) is 9.18 Å². The van der Waals surface area contributed by atoms with E-state index >= 15 is 0 Å². The molecule has 1 N–H and O–H groups in total. The van der Waals surface area contributed by atoms with Crippen LogP contribution in [0.4, 0.5) is 4.39 Å². The molecule has 1 aromatic carbocycles. The topological polar surface area (TPSA) is 29.1 Å². The molecule has 0 unspecified atom stereocenters. The summed E-state index contributed by atoms with van der Waals surface area (Å²) in [4.78, 5) is 12.7. The molecule has 0 saturated heterocycles. The van der Waals surface area contributed by atoms with E-state index in [1.54, 1.807) is 6.08 Å². The third-order valence-electron chi connectivity index (χ3n) is 6.25. The maximum atomic E-state index is 13.3. The van der Waals surface area contributed by atoms with Gasteiger partial charge in [0.25, 0.3) is 0 Å². The zero-order valence-electron chi connectivity index (χ0n) is 15.2. The van der Waals surface area contributed by atoms with Crippen LogP contribution in [0.25, 0.3) is 5.70 Å². The third-order valence-corrected chi connectivity index (χ3v) is 6.25. The molecule has 0 radical (unpaired) electrons. The van der Waals surface area contributed by atoms with Gasteiger partial charge in [0.1, 0.15) is 6.17 Å². The molecule has 3 rings (SSSR count). The van der Waals surface area contributed by atoms with Crippen LogP contribution in [0, 0.1) is 5.92 Å². The Morgan fingerprint density at radius 2 is 1.75 bits per heavy atom. The van der Waals surface area contributed by atoms with Crippen molar-refractivity contribution in [3.05, 3.63) is 41.5 Å². The normalized spacial score (nSPS) is 29.6. The van der Waals surface area contributed by atoms with E-state index in [0.717, 1.165) is 11.3 Å². The number of hydrogen-bond acceptors (Lipinski definition) is 2. The fourth-order valence-electron chi connectivity index (χ4n) is 3.87. The molecule has 130 valence electrons. The van der Waals surface area contributed by atoms with Crippen LogP contribution in [0.15, 0.2) is 30.3 Å². The summed E-state index contributed by atoms with van der Waals surface area (Å²) in [5, 5.41) is 3.58. The van der Waals surface area contributed by atoms with Gasteiger partial charge in [-0.3, -0.25) is 4.79 Å². The Morgan fingerprint density at radius 1 is 1.12 bits per heavy atom. The summed E-state index contributed by atoms with van der Waals surface area (Å²) >= 11 is 0. The average Bonchev–Trinajstić information content (AvgIpc) is 2.53. The first kappa shape index (κ1) is 17.2. The van der Waals surface area contributed by atoms with E-state index in [1.165, 1.54) is 5.56 Å². The van der Waals surface area contributed by atoms with Crippen molar-refractivity contribution in [2.24, 2.45) is 5.92 Å². The van der Waals surface area contributed by atoms with Gasteiger partial charge in [-0.2, -0.15) is 0 Å². The highest BCUT2D eigenvalue weighted by atomic mass is 19.1. The molecule has 0 bridgehead atoms. The summed E-state index contributed by atoms with van der Waals surface area (Å²) in [6.07, 6.45) is 3.40. The van der Waals surface area contributed by atoms with E-state index in [0.29, 0.717) is 25.7 Å². The highest BCUT2D eigenvalue weighted by Crippen LogP contribution is 2.43. The van der Waals surface area contributed by atoms with E-state index < -0.39 is 6.17 Å². The highest BCUT2D eigenvalue weighted by Gasteiger charge is 2.44. The van der Waals surface area contributed by atoms with Gasteiger partial charge in [0.05, 0.1) is 0 Å². The molecule has 1 aromatic rings. The van der Waals surface area contributed by atoms with Crippen molar-refractivity contribution in [1.82, 2.24) is 5.32 Å². The lowest BCUT2D eigenvalue weighted by Crippen LogP contribution is -2.56. The first-order valence-corrected chi connectivity index (χ1v) is 9.00. The number of alkyl halides is 1. The standard InChI is InChI=1S/C21H28FNO/c1-20(2)17-8-6-5-7-16(17)18(23-21(20,3)4)13-19(24)14-9-11-15(22)12-10-14/h5-8,13-15,23H,9-12H2,1-4H3/b18-13+. The summed E-state index contributed by atoms with van der Waals surface area (Å²) in [6, 6.07) is 8.31. The molecular formula is C21H28FNO. The van der Waals surface area contributed by atoms with Crippen molar-refractivity contribution in [3.63, 3.8) is 0 Å². The number of allylic oxidation sites excluding steroid dienone is 1. The molecule has 3 heteroatoms. The second-order valence-electron chi connectivity index (χ2n) is 8.33. The summed E-state index contributed by atoms with van der Waals surface area (Å²) in [5.41, 5.74) is 3.07. The Morgan fingerprint density at radius 3 is 2.42 bits per heavy atom. The smallest absolute Gasteiger partial charge is 0.160 e. The Hall–Kier alpha value is -1.64. The van der Waals surface area contributed by atoms with Gasteiger partial charge < -0.3 is 5.32 Å². The largest absolute Gasteiger partial charge is 0.379 e. The van der Waals surface area contributed by atoms with Gasteiger partial charge in [-0.25, -0.2) is 4.39 Å². The minimum atomic E-state index is -0.727. The van der Waals surface area contributed by atoms with Crippen molar-refractivity contribution in [1.29, 1.82) is 0 Å². The average molecular weight is 329 g/mol. The van der Waals surface area contributed by atoms with Gasteiger partial charge in [0, 0.05) is 34.2 Å². The number of fused-ring (bicyclic) bond motifs is 1. The summed E-state index contributed by atoms with van der Waals surface area (Å²) < 4.78 is 13.3. The molecule has 1 aliphatic carbocycles. The van der Waals surface area contributed by atoms with Crippen molar-refractivity contribution in [3.8, 4) is 0 Å². The molecule has 1 heterocycles. The highest BCUT2D eigenvalue weighted by molar-refractivity contribution is 5.98. The van der Waals surface area contributed by atoms with Gasteiger partial charge in [-0.15, -0.1) is 0 Å². The van der Waals surface area contributed by atoms with Gasteiger partial charge in [0.15, 0.2) is 5.78 Å². The zero-order valence-corrected chi connectivity index (χ0v) is 15.2. The van der Waals surface area contributed by atoms with Crippen molar-refractivity contribution in [2.75, 3.05) is 0 Å². The van der Waals surface area contributed by atoms with Gasteiger partial charge in [0.2, 0.25) is 0 Å². The number of rotatable bonds is 2. The fraction of sp³-hybridized carbons (Fsp3) is 0.571. The monoisotopic (exact) mass is 329 g/mol. The molecule has 0 spiro atoms. The molecule has 0 aromatic heterocycles. The van der Waals surface area contributed by atoms with Crippen LogP contribution in [0.3, 0.4) is 0 Å². The van der Waals surface area contributed by atoms with Crippen LogP contribution in [0.5, 0.6) is 0 Å². The maximum Gasteiger partial charge on any atom is 0.160 e. The molecule has 0 amide bonds. The van der Waals surface area contributed by atoms with Crippen LogP contribution in [0.2, 0.25) is 0 Å². The number of hydrogen-bond donors (Lipinski definition) is 1. The zero-order chi connectivity index (χ0) is 17.5. The lowest BCUT2D eigenvalue weighted by molar-refractivity contribution is -0.119. The van der Waals surface area contributed by atoms with Gasteiger partial charge >= 0.3 is 0 Å². The van der Waals surface area contributed by atoms with Crippen molar-refractivity contribution in [2.45, 2.75) is 70.5 Å². The van der Waals surface area contributed by atoms with Crippen LogP contribution >= 0.6 is 0 Å². The molecule has 2 nitrogen and oxygen atoms in total. The van der Waals surface area contributed by atoms with Gasteiger partial charge in [-0.1, -0.05) is 38.1 Å². The fourth-order valence-corrected chi connectivity index (χ4v) is 3.87. The second kappa shape index (κ2) is 6.02. The summed E-state index contributed by atoms with van der Waals surface area (Å²) in [5.74, 6) is 0.103. The van der Waals surface area contributed by atoms with E-state index in [2.05, 4.69) is 51.2 Å². The Balaban J connectivity index is 1.94. The first-order valence-electron chi connectivity index (χ1n) is 9.00. The van der Waals surface area contributed by atoms with Crippen LogP contribution in [-0.2, 0) is 10.2 Å². The SMILES string of the molecule is CC1(C)N/C(=C/C(=O)C2CCC(F)CC2)c2ccccc2C1(C)C. The molecule has 1 fully saturated rings. The van der Waals surface area contributed by atoms with Crippen LogP contribution < -0.4 is 5.32 Å². The predicted molar refractivity (Wildman–Crippen MR) is 96.5 cm³/mol. The molecule has 0 atom stereocenters. The molecular weight excluding hydrogens is 301 g/mol. The minimum Gasteiger partial charge on any atom is -0.379 e. The van der Waals surface area contributed by atoms with E-state index in [1.807, 2.05) is 6.07 Å².